The molecule has 0 spiro atoms. The van der Waals surface area contributed by atoms with Gasteiger partial charge in [-0.3, -0.25) is 4.79 Å². The van der Waals surface area contributed by atoms with Crippen molar-refractivity contribution in [3.05, 3.63) is 45.6 Å². The predicted octanol–water partition coefficient (Wildman–Crippen LogP) is 3.75. The van der Waals surface area contributed by atoms with E-state index in [-0.39, 0.29) is 11.5 Å². The zero-order chi connectivity index (χ0) is 16.9. The lowest BCUT2D eigenvalue weighted by atomic mass is 10.3. The van der Waals surface area contributed by atoms with Gasteiger partial charge in [0.2, 0.25) is 5.16 Å². The third kappa shape index (κ3) is 3.77. The number of para-hydroxylation sites is 2. The number of nitrogens with zero attached hydrogens (tertiary/aromatic N) is 4. The van der Waals surface area contributed by atoms with Gasteiger partial charge in [0.15, 0.2) is 5.78 Å². The first-order valence-corrected chi connectivity index (χ1v) is 9.29. The van der Waals surface area contributed by atoms with Crippen molar-refractivity contribution in [3.63, 3.8) is 0 Å². The fourth-order valence-corrected chi connectivity index (χ4v) is 3.83. The molecule has 0 bridgehead atoms. The van der Waals surface area contributed by atoms with Crippen LogP contribution in [-0.4, -0.2) is 38.4 Å². The Bertz CT molecular complexity index is 849. The molecule has 0 unspecified atom stereocenters. The SMILES string of the molecule is CCOc1ccccc1-n1nnnc1SCC(=O)c1ccc(Cl)s1. The summed E-state index contributed by atoms with van der Waals surface area (Å²) >= 11 is 8.41. The van der Waals surface area contributed by atoms with E-state index in [4.69, 9.17) is 16.3 Å². The van der Waals surface area contributed by atoms with Crippen LogP contribution in [0.15, 0.2) is 41.6 Å². The van der Waals surface area contributed by atoms with E-state index < -0.39 is 0 Å². The zero-order valence-corrected chi connectivity index (χ0v) is 15.1. The molecule has 124 valence electrons. The molecular formula is C15H13ClN4O2S2. The molecular weight excluding hydrogens is 368 g/mol. The van der Waals surface area contributed by atoms with Crippen LogP contribution in [0, 0.1) is 0 Å². The summed E-state index contributed by atoms with van der Waals surface area (Å²) in [7, 11) is 0. The van der Waals surface area contributed by atoms with Crippen molar-refractivity contribution < 1.29 is 9.53 Å². The molecule has 0 aliphatic carbocycles. The van der Waals surface area contributed by atoms with Crippen LogP contribution in [0.2, 0.25) is 4.34 Å². The van der Waals surface area contributed by atoms with Crippen molar-refractivity contribution >= 4 is 40.5 Å². The number of ether oxygens (including phenoxy) is 1. The molecule has 3 rings (SSSR count). The molecule has 1 aromatic carbocycles. The Kier molecular flexibility index (Phi) is 5.49. The molecule has 0 amide bonds. The number of hydrogen-bond acceptors (Lipinski definition) is 7. The van der Waals surface area contributed by atoms with Crippen LogP contribution in [0.3, 0.4) is 0 Å². The molecule has 2 heterocycles. The number of carbonyl (C=O) groups excluding carboxylic acids is 1. The van der Waals surface area contributed by atoms with Crippen molar-refractivity contribution in [1.29, 1.82) is 0 Å². The van der Waals surface area contributed by atoms with Gasteiger partial charge in [-0.2, -0.15) is 4.68 Å². The van der Waals surface area contributed by atoms with Gasteiger partial charge >= 0.3 is 0 Å². The molecule has 0 aliphatic rings. The van der Waals surface area contributed by atoms with Gasteiger partial charge in [0, 0.05) is 0 Å². The summed E-state index contributed by atoms with van der Waals surface area (Å²) in [6.07, 6.45) is 0. The number of carbonyl (C=O) groups is 1. The summed E-state index contributed by atoms with van der Waals surface area (Å²) in [5.41, 5.74) is 0.735. The van der Waals surface area contributed by atoms with E-state index >= 15 is 0 Å². The number of tetrazole rings is 1. The zero-order valence-electron chi connectivity index (χ0n) is 12.7. The second-order valence-electron chi connectivity index (χ2n) is 4.59. The van der Waals surface area contributed by atoms with Crippen molar-refractivity contribution in [2.24, 2.45) is 0 Å². The van der Waals surface area contributed by atoms with Gasteiger partial charge in [-0.05, 0) is 41.6 Å². The van der Waals surface area contributed by atoms with Gasteiger partial charge in [-0.1, -0.05) is 35.5 Å². The number of thiophene rings is 1. The first-order chi connectivity index (χ1) is 11.7. The first-order valence-electron chi connectivity index (χ1n) is 7.11. The molecule has 0 aliphatic heterocycles. The normalized spacial score (nSPS) is 10.8. The standard InChI is InChI=1S/C15H13ClN4O2S2/c1-2-22-12-6-4-3-5-10(12)20-15(17-18-19-20)23-9-11(21)13-7-8-14(16)24-13/h3-8H,2,9H2,1H3. The summed E-state index contributed by atoms with van der Waals surface area (Å²) in [5, 5.41) is 12.2. The third-order valence-electron chi connectivity index (χ3n) is 3.01. The van der Waals surface area contributed by atoms with Gasteiger partial charge in [-0.15, -0.1) is 16.4 Å². The number of aromatic nitrogens is 4. The average molecular weight is 381 g/mol. The van der Waals surface area contributed by atoms with E-state index in [1.807, 2.05) is 31.2 Å². The Morgan fingerprint density at radius 2 is 2.17 bits per heavy atom. The van der Waals surface area contributed by atoms with Crippen molar-refractivity contribution in [1.82, 2.24) is 20.2 Å². The highest BCUT2D eigenvalue weighted by Crippen LogP contribution is 2.27. The van der Waals surface area contributed by atoms with Crippen LogP contribution in [0.25, 0.3) is 5.69 Å². The molecule has 2 aromatic heterocycles. The maximum atomic E-state index is 12.2. The van der Waals surface area contributed by atoms with Crippen molar-refractivity contribution in [2.45, 2.75) is 12.1 Å². The summed E-state index contributed by atoms with van der Waals surface area (Å²) in [5.74, 6) is 0.906. The maximum Gasteiger partial charge on any atom is 0.214 e. The number of halogens is 1. The number of benzene rings is 1. The van der Waals surface area contributed by atoms with Crippen LogP contribution in [0.1, 0.15) is 16.6 Å². The maximum absolute atomic E-state index is 12.2. The Hall–Kier alpha value is -1.90. The topological polar surface area (TPSA) is 69.9 Å². The van der Waals surface area contributed by atoms with Crippen molar-refractivity contribution in [2.75, 3.05) is 12.4 Å². The molecule has 0 saturated heterocycles. The highest BCUT2D eigenvalue weighted by atomic mass is 35.5. The molecule has 0 radical (unpaired) electrons. The predicted molar refractivity (Wildman–Crippen MR) is 94.7 cm³/mol. The molecule has 9 heteroatoms. The summed E-state index contributed by atoms with van der Waals surface area (Å²) in [6, 6.07) is 10.9. The fraction of sp³-hybridized carbons (Fsp3) is 0.200. The minimum absolute atomic E-state index is 0.00968. The minimum Gasteiger partial charge on any atom is -0.492 e. The Morgan fingerprint density at radius 3 is 2.92 bits per heavy atom. The second-order valence-corrected chi connectivity index (χ2v) is 7.25. The molecule has 0 saturated carbocycles. The fourth-order valence-electron chi connectivity index (χ4n) is 2.00. The second kappa shape index (κ2) is 7.78. The number of ketones is 1. The summed E-state index contributed by atoms with van der Waals surface area (Å²) in [4.78, 5) is 12.8. The Balaban J connectivity index is 1.77. The van der Waals surface area contributed by atoms with Gasteiger partial charge in [0.25, 0.3) is 0 Å². The molecule has 6 nitrogen and oxygen atoms in total. The van der Waals surface area contributed by atoms with Crippen LogP contribution >= 0.6 is 34.7 Å². The van der Waals surface area contributed by atoms with E-state index in [9.17, 15) is 4.79 Å². The van der Waals surface area contributed by atoms with Crippen LogP contribution in [-0.2, 0) is 0 Å². The highest BCUT2D eigenvalue weighted by molar-refractivity contribution is 7.99. The lowest BCUT2D eigenvalue weighted by Gasteiger charge is -2.10. The van der Waals surface area contributed by atoms with E-state index in [1.165, 1.54) is 23.1 Å². The highest BCUT2D eigenvalue weighted by Gasteiger charge is 2.16. The quantitative estimate of drug-likeness (QED) is 0.459. The number of rotatable bonds is 7. The third-order valence-corrected chi connectivity index (χ3v) is 5.21. The number of hydrogen-bond donors (Lipinski definition) is 0. The average Bonchev–Trinajstić information content (AvgIpc) is 3.22. The summed E-state index contributed by atoms with van der Waals surface area (Å²) in [6.45, 7) is 2.45. The lowest BCUT2D eigenvalue weighted by Crippen LogP contribution is -2.05. The van der Waals surface area contributed by atoms with E-state index in [0.29, 0.717) is 26.7 Å². The minimum atomic E-state index is -0.00968. The first kappa shape index (κ1) is 16.9. The molecule has 0 fully saturated rings. The van der Waals surface area contributed by atoms with E-state index in [1.54, 1.807) is 16.8 Å². The van der Waals surface area contributed by atoms with Crippen LogP contribution in [0.5, 0.6) is 5.75 Å². The Labute approximate surface area is 151 Å². The van der Waals surface area contributed by atoms with Gasteiger partial charge in [0.1, 0.15) is 11.4 Å². The molecule has 24 heavy (non-hydrogen) atoms. The molecule has 3 aromatic rings. The number of thioether (sulfide) groups is 1. The molecule has 0 atom stereocenters. The van der Waals surface area contributed by atoms with E-state index in [0.717, 1.165) is 5.69 Å². The van der Waals surface area contributed by atoms with Gasteiger partial charge in [0.05, 0.1) is 21.6 Å². The van der Waals surface area contributed by atoms with Gasteiger partial charge < -0.3 is 4.74 Å². The van der Waals surface area contributed by atoms with E-state index in [2.05, 4.69) is 15.5 Å². The van der Waals surface area contributed by atoms with Crippen molar-refractivity contribution in [3.8, 4) is 11.4 Å². The molecule has 0 N–H and O–H groups in total. The van der Waals surface area contributed by atoms with Crippen LogP contribution < -0.4 is 4.74 Å². The van der Waals surface area contributed by atoms with Crippen LogP contribution in [0.4, 0.5) is 0 Å². The van der Waals surface area contributed by atoms with Gasteiger partial charge in [-0.25, -0.2) is 0 Å². The number of Topliss-reactive ketones (excluding diaryl/α,β-unsaturated/α-hetero) is 1. The smallest absolute Gasteiger partial charge is 0.214 e. The monoisotopic (exact) mass is 380 g/mol. The Morgan fingerprint density at radius 1 is 1.33 bits per heavy atom. The lowest BCUT2D eigenvalue weighted by molar-refractivity contribution is 0.102. The largest absolute Gasteiger partial charge is 0.492 e. The summed E-state index contributed by atoms with van der Waals surface area (Å²) < 4.78 is 7.78.